The number of nitrogens with zero attached hydrogens (tertiary/aromatic N) is 1. The maximum atomic E-state index is 10.9. The van der Waals surface area contributed by atoms with Crippen LogP contribution in [-0.4, -0.2) is 30.0 Å². The number of carbonyl (C=O) groups excluding carboxylic acids is 3. The number of rotatable bonds is 12. The molecule has 0 radical (unpaired) electrons. The highest BCUT2D eigenvalue weighted by Gasteiger charge is 2.41. The van der Waals surface area contributed by atoms with Gasteiger partial charge in [-0.2, -0.15) is 0 Å². The van der Waals surface area contributed by atoms with Gasteiger partial charge in [-0.15, -0.1) is 10.1 Å². The molecule has 0 aromatic carbocycles. The molecular formula is C12H19NO6. The average Bonchev–Trinajstić information content (AvgIpc) is 2.40. The lowest BCUT2D eigenvalue weighted by Gasteiger charge is -2.24. The average molecular weight is 273 g/mol. The third kappa shape index (κ3) is 5.58. The summed E-state index contributed by atoms with van der Waals surface area (Å²) in [4.78, 5) is 47.3. The third-order valence-electron chi connectivity index (χ3n) is 2.95. The molecule has 0 aromatic heterocycles. The van der Waals surface area contributed by atoms with Crippen LogP contribution in [-0.2, 0) is 19.2 Å². The van der Waals surface area contributed by atoms with Gasteiger partial charge in [-0.25, -0.2) is 0 Å². The van der Waals surface area contributed by atoms with Crippen molar-refractivity contribution < 1.29 is 24.3 Å². The fourth-order valence-electron chi connectivity index (χ4n) is 1.74. The zero-order valence-electron chi connectivity index (χ0n) is 10.9. The number of unbranched alkanes of at least 4 members (excludes halogenated alkanes) is 4. The first-order valence-electron chi connectivity index (χ1n) is 6.26. The van der Waals surface area contributed by atoms with Crippen LogP contribution in [0.4, 0.5) is 0 Å². The zero-order chi connectivity index (χ0) is 14.7. The Kier molecular flexibility index (Phi) is 8.32. The van der Waals surface area contributed by atoms with Crippen LogP contribution in [0.2, 0.25) is 0 Å². The molecule has 19 heavy (non-hydrogen) atoms. The molecule has 0 heterocycles. The molecule has 1 unspecified atom stereocenters. The Morgan fingerprint density at radius 3 is 2.05 bits per heavy atom. The first-order chi connectivity index (χ1) is 9.06. The van der Waals surface area contributed by atoms with Crippen LogP contribution in [0.5, 0.6) is 0 Å². The quantitative estimate of drug-likeness (QED) is 0.175. The van der Waals surface area contributed by atoms with Crippen LogP contribution >= 0.6 is 0 Å². The fourth-order valence-corrected chi connectivity index (χ4v) is 1.74. The van der Waals surface area contributed by atoms with E-state index in [1.54, 1.807) is 0 Å². The maximum Gasteiger partial charge on any atom is 0.294 e. The van der Waals surface area contributed by atoms with E-state index in [4.69, 9.17) is 0 Å². The van der Waals surface area contributed by atoms with E-state index >= 15 is 0 Å². The van der Waals surface area contributed by atoms with Gasteiger partial charge in [0.05, 0.1) is 0 Å². The predicted octanol–water partition coefficient (Wildman–Crippen LogP) is 1.51. The largest absolute Gasteiger partial charge is 0.309 e. The molecule has 7 heteroatoms. The molecule has 0 saturated carbocycles. The van der Waals surface area contributed by atoms with Crippen molar-refractivity contribution in [3.05, 3.63) is 10.1 Å². The Labute approximate surface area is 111 Å². The first kappa shape index (κ1) is 17.2. The van der Waals surface area contributed by atoms with Crippen LogP contribution < -0.4 is 0 Å². The van der Waals surface area contributed by atoms with E-state index in [0.29, 0.717) is 6.42 Å². The highest BCUT2D eigenvalue weighted by atomic mass is 17.0. The molecule has 1 atom stereocenters. The summed E-state index contributed by atoms with van der Waals surface area (Å²) in [6.07, 6.45) is 3.48. The predicted molar refractivity (Wildman–Crippen MR) is 65.9 cm³/mol. The Balaban J connectivity index is 4.61. The minimum atomic E-state index is -2.09. The maximum absolute atomic E-state index is 10.9. The summed E-state index contributed by atoms with van der Waals surface area (Å²) in [7, 11) is 0. The van der Waals surface area contributed by atoms with Crippen LogP contribution in [0.3, 0.4) is 0 Å². The lowest BCUT2D eigenvalue weighted by atomic mass is 9.84. The molecule has 0 rings (SSSR count). The van der Waals surface area contributed by atoms with Gasteiger partial charge < -0.3 is 19.2 Å². The second-order valence-electron chi connectivity index (χ2n) is 4.37. The van der Waals surface area contributed by atoms with Gasteiger partial charge in [0.2, 0.25) is 0 Å². The summed E-state index contributed by atoms with van der Waals surface area (Å²) in [5.74, 6) is 0. The smallest absolute Gasteiger partial charge is 0.294 e. The molecule has 108 valence electrons. The van der Waals surface area contributed by atoms with Gasteiger partial charge in [0, 0.05) is 0 Å². The van der Waals surface area contributed by atoms with Gasteiger partial charge >= 0.3 is 0 Å². The summed E-state index contributed by atoms with van der Waals surface area (Å²) in [5, 5.41) is 9.29. The summed E-state index contributed by atoms with van der Waals surface area (Å²) < 4.78 is 0. The molecule has 0 bridgehead atoms. The van der Waals surface area contributed by atoms with Crippen molar-refractivity contribution in [2.45, 2.75) is 51.6 Å². The van der Waals surface area contributed by atoms with Crippen molar-refractivity contribution in [2.24, 2.45) is 5.41 Å². The van der Waals surface area contributed by atoms with Gasteiger partial charge in [0.25, 0.3) is 5.09 Å². The Morgan fingerprint density at radius 2 is 1.63 bits per heavy atom. The number of hydrogen-bond donors (Lipinski definition) is 0. The topological polar surface area (TPSA) is 104 Å². The van der Waals surface area contributed by atoms with Crippen molar-refractivity contribution in [1.29, 1.82) is 0 Å². The summed E-state index contributed by atoms with van der Waals surface area (Å²) in [6.45, 7) is 2.05. The monoisotopic (exact) mass is 273 g/mol. The molecule has 0 saturated heterocycles. The van der Waals surface area contributed by atoms with Crippen molar-refractivity contribution >= 4 is 18.9 Å². The lowest BCUT2D eigenvalue weighted by molar-refractivity contribution is -0.770. The van der Waals surface area contributed by atoms with Crippen molar-refractivity contribution in [3.63, 3.8) is 0 Å². The van der Waals surface area contributed by atoms with E-state index in [2.05, 4.69) is 11.8 Å². The van der Waals surface area contributed by atoms with E-state index in [-0.39, 0.29) is 25.3 Å². The lowest BCUT2D eigenvalue weighted by Crippen LogP contribution is -2.43. The Morgan fingerprint density at radius 1 is 1.11 bits per heavy atom. The van der Waals surface area contributed by atoms with Crippen molar-refractivity contribution in [2.75, 3.05) is 0 Å². The van der Waals surface area contributed by atoms with Crippen molar-refractivity contribution in [1.82, 2.24) is 0 Å². The molecule has 0 aliphatic carbocycles. The van der Waals surface area contributed by atoms with Crippen LogP contribution in [0.15, 0.2) is 0 Å². The minimum absolute atomic E-state index is 0.104. The van der Waals surface area contributed by atoms with Gasteiger partial charge in [-0.05, 0) is 6.42 Å². The molecular weight excluding hydrogens is 254 g/mol. The highest BCUT2D eigenvalue weighted by molar-refractivity contribution is 6.02. The fraction of sp³-hybridized carbons (Fsp3) is 0.750. The molecule has 0 aliphatic heterocycles. The van der Waals surface area contributed by atoms with Crippen molar-refractivity contribution in [3.8, 4) is 0 Å². The van der Waals surface area contributed by atoms with E-state index in [1.807, 2.05) is 0 Å². The van der Waals surface area contributed by atoms with Gasteiger partial charge in [0.15, 0.2) is 5.41 Å². The molecule has 0 N–H and O–H groups in total. The highest BCUT2D eigenvalue weighted by Crippen LogP contribution is 2.23. The standard InChI is InChI=1S/C12H19NO6/c1-2-3-4-5-6-7-11(19-13(17)18)12(8-14,9-15)10-16/h8-11H,2-7H2,1H3. The summed E-state index contributed by atoms with van der Waals surface area (Å²) in [5.41, 5.74) is -2.09. The zero-order valence-corrected chi connectivity index (χ0v) is 10.9. The summed E-state index contributed by atoms with van der Waals surface area (Å²) in [6, 6.07) is 0. The Hall–Kier alpha value is -1.79. The molecule has 0 aromatic rings. The van der Waals surface area contributed by atoms with Gasteiger partial charge in [-0.3, -0.25) is 0 Å². The molecule has 0 amide bonds. The minimum Gasteiger partial charge on any atom is -0.309 e. The Bertz CT molecular complexity index is 296. The second kappa shape index (κ2) is 9.18. The number of aldehydes is 3. The van der Waals surface area contributed by atoms with Gasteiger partial charge in [-0.1, -0.05) is 39.0 Å². The normalized spacial score (nSPS) is 12.5. The number of hydrogen-bond acceptors (Lipinski definition) is 6. The molecule has 0 aliphatic rings. The molecule has 7 nitrogen and oxygen atoms in total. The van der Waals surface area contributed by atoms with E-state index in [0.717, 1.165) is 25.7 Å². The van der Waals surface area contributed by atoms with Crippen LogP contribution in [0.1, 0.15) is 45.4 Å². The number of carbonyl (C=O) groups is 3. The SMILES string of the molecule is CCCCCCCC(O[N+](=O)[O-])C(C=O)(C=O)C=O. The first-order valence-corrected chi connectivity index (χ1v) is 6.26. The van der Waals surface area contributed by atoms with E-state index < -0.39 is 16.6 Å². The molecule has 0 spiro atoms. The van der Waals surface area contributed by atoms with E-state index in [9.17, 15) is 24.5 Å². The van der Waals surface area contributed by atoms with Crippen LogP contribution in [0.25, 0.3) is 0 Å². The third-order valence-corrected chi connectivity index (χ3v) is 2.95. The van der Waals surface area contributed by atoms with Gasteiger partial charge in [0.1, 0.15) is 25.0 Å². The molecule has 0 fully saturated rings. The second-order valence-corrected chi connectivity index (χ2v) is 4.37. The van der Waals surface area contributed by atoms with E-state index in [1.165, 1.54) is 0 Å². The summed E-state index contributed by atoms with van der Waals surface area (Å²) >= 11 is 0. The van der Waals surface area contributed by atoms with Crippen LogP contribution in [0, 0.1) is 15.5 Å².